The molecule has 6 heteroatoms. The van der Waals surface area contributed by atoms with Crippen LogP contribution in [0.2, 0.25) is 0 Å². The number of aromatic nitrogens is 2. The number of carbonyl (C=O) groups is 1. The van der Waals surface area contributed by atoms with Gasteiger partial charge in [-0.15, -0.1) is 10.2 Å². The number of esters is 1. The Morgan fingerprint density at radius 1 is 1.12 bits per heavy atom. The van der Waals surface area contributed by atoms with E-state index in [9.17, 15) is 9.18 Å². The van der Waals surface area contributed by atoms with Gasteiger partial charge >= 0.3 is 5.97 Å². The molecule has 3 aromatic rings. The summed E-state index contributed by atoms with van der Waals surface area (Å²) in [5.74, 6) is -0.200. The molecule has 0 spiro atoms. The number of carbonyl (C=O) groups excluding carboxylic acids is 1. The third-order valence-corrected chi connectivity index (χ3v) is 3.66. The molecule has 5 nitrogen and oxygen atoms in total. The van der Waals surface area contributed by atoms with E-state index < -0.39 is 12.1 Å². The molecule has 0 aliphatic rings. The van der Waals surface area contributed by atoms with Gasteiger partial charge in [-0.25, -0.2) is 4.39 Å². The van der Waals surface area contributed by atoms with Gasteiger partial charge in [0.15, 0.2) is 6.10 Å². The lowest BCUT2D eigenvalue weighted by molar-refractivity contribution is -0.148. The van der Waals surface area contributed by atoms with E-state index in [4.69, 9.17) is 9.15 Å². The van der Waals surface area contributed by atoms with Crippen molar-refractivity contribution in [3.8, 4) is 11.5 Å². The van der Waals surface area contributed by atoms with Crippen molar-refractivity contribution in [1.29, 1.82) is 0 Å². The summed E-state index contributed by atoms with van der Waals surface area (Å²) in [5, 5.41) is 7.93. The van der Waals surface area contributed by atoms with Crippen LogP contribution in [0.4, 0.5) is 4.39 Å². The SMILES string of the molecule is Cc1ccc(-c2nnc([C@H](C)OC(=O)Cc3ccc(F)cc3)o2)cc1. The summed E-state index contributed by atoms with van der Waals surface area (Å²) in [5.41, 5.74) is 2.60. The molecule has 0 saturated carbocycles. The standard InChI is InChI=1S/C19H17FN2O3/c1-12-3-7-15(8-4-12)19-22-21-18(25-19)13(2)24-17(23)11-14-5-9-16(20)10-6-14/h3-10,13H,11H2,1-2H3/t13-/m0/s1. The van der Waals surface area contributed by atoms with Gasteiger partial charge in [-0.1, -0.05) is 29.8 Å². The van der Waals surface area contributed by atoms with Gasteiger partial charge in [-0.05, 0) is 43.7 Å². The fourth-order valence-electron chi connectivity index (χ4n) is 2.27. The summed E-state index contributed by atoms with van der Waals surface area (Å²) >= 11 is 0. The van der Waals surface area contributed by atoms with Crippen molar-refractivity contribution in [2.75, 3.05) is 0 Å². The zero-order valence-corrected chi connectivity index (χ0v) is 13.9. The average Bonchev–Trinajstić information content (AvgIpc) is 3.08. The molecule has 0 amide bonds. The fourth-order valence-corrected chi connectivity index (χ4v) is 2.27. The first-order valence-corrected chi connectivity index (χ1v) is 7.85. The molecule has 1 heterocycles. The number of aryl methyl sites for hydroxylation is 1. The second-order valence-corrected chi connectivity index (χ2v) is 5.75. The van der Waals surface area contributed by atoms with Gasteiger partial charge in [-0.3, -0.25) is 4.79 Å². The number of hydrogen-bond acceptors (Lipinski definition) is 5. The van der Waals surface area contributed by atoms with Crippen LogP contribution in [0.1, 0.15) is 30.0 Å². The van der Waals surface area contributed by atoms with Crippen molar-refractivity contribution in [1.82, 2.24) is 10.2 Å². The van der Waals surface area contributed by atoms with Gasteiger partial charge in [0.2, 0.25) is 5.89 Å². The maximum absolute atomic E-state index is 12.9. The summed E-state index contributed by atoms with van der Waals surface area (Å²) < 4.78 is 23.8. The molecule has 0 aliphatic heterocycles. The van der Waals surface area contributed by atoms with Crippen molar-refractivity contribution in [3.05, 3.63) is 71.4 Å². The van der Waals surface area contributed by atoms with E-state index in [2.05, 4.69) is 10.2 Å². The minimum absolute atomic E-state index is 0.0452. The van der Waals surface area contributed by atoms with Gasteiger partial charge in [0.25, 0.3) is 5.89 Å². The first-order chi connectivity index (χ1) is 12.0. The van der Waals surface area contributed by atoms with Gasteiger partial charge < -0.3 is 9.15 Å². The smallest absolute Gasteiger partial charge is 0.311 e. The monoisotopic (exact) mass is 340 g/mol. The Morgan fingerprint density at radius 3 is 2.48 bits per heavy atom. The number of rotatable bonds is 5. The molecule has 1 aromatic heterocycles. The maximum Gasteiger partial charge on any atom is 0.311 e. The average molecular weight is 340 g/mol. The van der Waals surface area contributed by atoms with Gasteiger partial charge in [-0.2, -0.15) is 0 Å². The third-order valence-electron chi connectivity index (χ3n) is 3.66. The molecular formula is C19H17FN2O3. The van der Waals surface area contributed by atoms with Crippen LogP contribution in [0.5, 0.6) is 0 Å². The van der Waals surface area contributed by atoms with E-state index >= 15 is 0 Å². The second-order valence-electron chi connectivity index (χ2n) is 5.75. The van der Waals surface area contributed by atoms with Crippen molar-refractivity contribution in [2.45, 2.75) is 26.4 Å². The summed E-state index contributed by atoms with van der Waals surface area (Å²) in [6, 6.07) is 13.4. The Labute approximate surface area is 144 Å². The Kier molecular flexibility index (Phi) is 4.88. The molecule has 0 N–H and O–H groups in total. The largest absolute Gasteiger partial charge is 0.452 e. The molecule has 0 fully saturated rings. The minimum Gasteiger partial charge on any atom is -0.452 e. The number of nitrogens with zero attached hydrogens (tertiary/aromatic N) is 2. The van der Waals surface area contributed by atoms with Crippen molar-refractivity contribution < 1.29 is 18.3 Å². The summed E-state index contributed by atoms with van der Waals surface area (Å²) in [6.07, 6.45) is -0.622. The lowest BCUT2D eigenvalue weighted by atomic mass is 10.1. The van der Waals surface area contributed by atoms with Crippen LogP contribution in [0.3, 0.4) is 0 Å². The van der Waals surface area contributed by atoms with E-state index in [0.717, 1.165) is 11.1 Å². The number of halogens is 1. The normalized spacial score (nSPS) is 12.0. The van der Waals surface area contributed by atoms with E-state index in [0.29, 0.717) is 11.5 Å². The second kappa shape index (κ2) is 7.25. The highest BCUT2D eigenvalue weighted by molar-refractivity contribution is 5.72. The Morgan fingerprint density at radius 2 is 1.80 bits per heavy atom. The highest BCUT2D eigenvalue weighted by Gasteiger charge is 2.19. The third kappa shape index (κ3) is 4.29. The number of hydrogen-bond donors (Lipinski definition) is 0. The van der Waals surface area contributed by atoms with Crippen LogP contribution >= 0.6 is 0 Å². The first-order valence-electron chi connectivity index (χ1n) is 7.85. The van der Waals surface area contributed by atoms with Crippen LogP contribution in [-0.4, -0.2) is 16.2 Å². The van der Waals surface area contributed by atoms with E-state index in [1.54, 1.807) is 19.1 Å². The van der Waals surface area contributed by atoms with Gasteiger partial charge in [0.1, 0.15) is 5.82 Å². The Hall–Kier alpha value is -3.02. The minimum atomic E-state index is -0.667. The lowest BCUT2D eigenvalue weighted by Crippen LogP contribution is -2.11. The molecule has 3 rings (SSSR count). The predicted molar refractivity (Wildman–Crippen MR) is 89.1 cm³/mol. The first kappa shape index (κ1) is 16.8. The summed E-state index contributed by atoms with van der Waals surface area (Å²) in [4.78, 5) is 12.0. The van der Waals surface area contributed by atoms with Crippen LogP contribution in [0.15, 0.2) is 52.9 Å². The molecule has 0 aliphatic carbocycles. The molecule has 2 aromatic carbocycles. The highest BCUT2D eigenvalue weighted by atomic mass is 19.1. The van der Waals surface area contributed by atoms with E-state index in [1.165, 1.54) is 12.1 Å². The quantitative estimate of drug-likeness (QED) is 0.656. The predicted octanol–water partition coefficient (Wildman–Crippen LogP) is 4.03. The van der Waals surface area contributed by atoms with Crippen LogP contribution in [0.25, 0.3) is 11.5 Å². The van der Waals surface area contributed by atoms with Crippen molar-refractivity contribution >= 4 is 5.97 Å². The summed E-state index contributed by atoms with van der Waals surface area (Å²) in [7, 11) is 0. The molecule has 0 unspecified atom stereocenters. The number of benzene rings is 2. The molecule has 1 atom stereocenters. The molecule has 0 saturated heterocycles. The van der Waals surface area contributed by atoms with Crippen LogP contribution < -0.4 is 0 Å². The van der Waals surface area contributed by atoms with Crippen LogP contribution in [-0.2, 0) is 16.0 Å². The van der Waals surface area contributed by atoms with Crippen molar-refractivity contribution in [3.63, 3.8) is 0 Å². The zero-order chi connectivity index (χ0) is 17.8. The van der Waals surface area contributed by atoms with E-state index in [-0.39, 0.29) is 18.1 Å². The molecule has 0 radical (unpaired) electrons. The summed E-state index contributed by atoms with van der Waals surface area (Å²) in [6.45, 7) is 3.65. The maximum atomic E-state index is 12.9. The Bertz CT molecular complexity index is 857. The van der Waals surface area contributed by atoms with Crippen molar-refractivity contribution in [2.24, 2.45) is 0 Å². The Balaban J connectivity index is 1.63. The zero-order valence-electron chi connectivity index (χ0n) is 13.9. The molecule has 25 heavy (non-hydrogen) atoms. The molecule has 128 valence electrons. The van der Waals surface area contributed by atoms with Crippen LogP contribution in [0, 0.1) is 12.7 Å². The fraction of sp³-hybridized carbons (Fsp3) is 0.211. The topological polar surface area (TPSA) is 65.2 Å². The molecule has 0 bridgehead atoms. The molecular weight excluding hydrogens is 323 g/mol. The van der Waals surface area contributed by atoms with Gasteiger partial charge in [0.05, 0.1) is 6.42 Å². The van der Waals surface area contributed by atoms with Gasteiger partial charge in [0, 0.05) is 5.56 Å². The highest BCUT2D eigenvalue weighted by Crippen LogP contribution is 2.23. The lowest BCUT2D eigenvalue weighted by Gasteiger charge is -2.09. The van der Waals surface area contributed by atoms with E-state index in [1.807, 2.05) is 31.2 Å². The number of ether oxygens (including phenoxy) is 1.